The van der Waals surface area contributed by atoms with Gasteiger partial charge in [-0.3, -0.25) is 0 Å². The lowest BCUT2D eigenvalue weighted by atomic mass is 10.2. The summed E-state index contributed by atoms with van der Waals surface area (Å²) in [5.74, 6) is -0.111. The molecule has 0 aliphatic rings. The number of ether oxygens (including phenoxy) is 2. The number of amides is 1. The van der Waals surface area contributed by atoms with Gasteiger partial charge in [-0.15, -0.1) is 0 Å². The Labute approximate surface area is 132 Å². The fraction of sp³-hybridized carbons (Fsp3) is 0.571. The molecule has 0 aliphatic heterocycles. The summed E-state index contributed by atoms with van der Waals surface area (Å²) >= 11 is 0. The fourth-order valence-corrected chi connectivity index (χ4v) is 1.41. The third kappa shape index (κ3) is 9.43. The second-order valence-electron chi connectivity index (χ2n) is 5.64. The molecular weight excluding hydrogens is 315 g/mol. The van der Waals surface area contributed by atoms with E-state index in [2.05, 4.69) is 20.4 Å². The maximum atomic E-state index is 12.0. The summed E-state index contributed by atoms with van der Waals surface area (Å²) in [7, 11) is 0. The third-order valence-corrected chi connectivity index (χ3v) is 2.24. The summed E-state index contributed by atoms with van der Waals surface area (Å²) < 4.78 is 45.5. The van der Waals surface area contributed by atoms with Crippen molar-refractivity contribution in [2.45, 2.75) is 32.5 Å². The Kier molecular flexibility index (Phi) is 6.47. The summed E-state index contributed by atoms with van der Waals surface area (Å²) in [5.41, 5.74) is 0.0311. The van der Waals surface area contributed by atoms with Gasteiger partial charge in [0.1, 0.15) is 5.60 Å². The van der Waals surface area contributed by atoms with Crippen molar-refractivity contribution in [3.8, 4) is 5.88 Å². The highest BCUT2D eigenvalue weighted by Gasteiger charge is 2.28. The molecule has 9 heteroatoms. The molecule has 130 valence electrons. The number of alkyl halides is 3. The monoisotopic (exact) mass is 335 g/mol. The Balaban J connectivity index is 2.27. The van der Waals surface area contributed by atoms with Crippen LogP contribution in [0.5, 0.6) is 5.88 Å². The highest BCUT2D eigenvalue weighted by atomic mass is 19.4. The molecule has 0 saturated heterocycles. The largest absolute Gasteiger partial charge is 0.468 e. The van der Waals surface area contributed by atoms with E-state index >= 15 is 0 Å². The molecule has 0 fully saturated rings. The summed E-state index contributed by atoms with van der Waals surface area (Å²) in [6, 6.07) is 2.86. The lowest BCUT2D eigenvalue weighted by molar-refractivity contribution is -0.154. The van der Waals surface area contributed by atoms with Crippen LogP contribution in [0, 0.1) is 0 Å². The standard InChI is InChI=1S/C14H20F3N3O3/c1-13(2,3)23-12(21)19-7-6-18-10-4-5-11(20-8-10)22-9-14(15,16)17/h4-5,8,18H,6-7,9H2,1-3H3,(H,19,21). The molecule has 0 atom stereocenters. The Morgan fingerprint density at radius 2 is 1.91 bits per heavy atom. The van der Waals surface area contributed by atoms with Crippen LogP contribution in [0.3, 0.4) is 0 Å². The quantitative estimate of drug-likeness (QED) is 0.782. The topological polar surface area (TPSA) is 72.5 Å². The number of alkyl carbamates (subject to hydrolysis) is 1. The van der Waals surface area contributed by atoms with E-state index in [1.807, 2.05) is 0 Å². The molecule has 2 N–H and O–H groups in total. The van der Waals surface area contributed by atoms with Crippen molar-refractivity contribution in [3.05, 3.63) is 18.3 Å². The molecule has 1 aromatic rings. The SMILES string of the molecule is CC(C)(C)OC(=O)NCCNc1ccc(OCC(F)(F)F)nc1. The van der Waals surface area contributed by atoms with E-state index in [-0.39, 0.29) is 5.88 Å². The zero-order valence-electron chi connectivity index (χ0n) is 13.2. The molecule has 0 spiro atoms. The molecule has 1 aromatic heterocycles. The van der Waals surface area contributed by atoms with Crippen LogP contribution in [0.1, 0.15) is 20.8 Å². The highest BCUT2D eigenvalue weighted by molar-refractivity contribution is 5.67. The molecule has 0 saturated carbocycles. The minimum Gasteiger partial charge on any atom is -0.468 e. The molecule has 1 amide bonds. The molecule has 0 radical (unpaired) electrons. The smallest absolute Gasteiger partial charge is 0.422 e. The van der Waals surface area contributed by atoms with Crippen molar-refractivity contribution in [1.29, 1.82) is 0 Å². The van der Waals surface area contributed by atoms with Gasteiger partial charge in [0, 0.05) is 19.2 Å². The van der Waals surface area contributed by atoms with E-state index in [1.54, 1.807) is 20.8 Å². The summed E-state index contributed by atoms with van der Waals surface area (Å²) in [4.78, 5) is 15.1. The fourth-order valence-electron chi connectivity index (χ4n) is 1.41. The summed E-state index contributed by atoms with van der Waals surface area (Å²) in [6.45, 7) is 4.63. The normalized spacial score (nSPS) is 11.7. The van der Waals surface area contributed by atoms with Gasteiger partial charge in [0.25, 0.3) is 0 Å². The number of nitrogens with zero attached hydrogens (tertiary/aromatic N) is 1. The average molecular weight is 335 g/mol. The van der Waals surface area contributed by atoms with Crippen molar-refractivity contribution in [2.24, 2.45) is 0 Å². The first-order valence-corrected chi connectivity index (χ1v) is 6.91. The van der Waals surface area contributed by atoms with Crippen molar-refractivity contribution in [2.75, 3.05) is 25.0 Å². The van der Waals surface area contributed by atoms with Crippen LogP contribution >= 0.6 is 0 Å². The van der Waals surface area contributed by atoms with Crippen LogP contribution in [0.4, 0.5) is 23.7 Å². The summed E-state index contributed by atoms with van der Waals surface area (Å²) in [6.07, 6.45) is -3.57. The molecule has 1 rings (SSSR count). The second kappa shape index (κ2) is 7.89. The molecule has 23 heavy (non-hydrogen) atoms. The highest BCUT2D eigenvalue weighted by Crippen LogP contribution is 2.17. The first-order chi connectivity index (χ1) is 10.6. The Bertz CT molecular complexity index is 499. The maximum Gasteiger partial charge on any atom is 0.422 e. The van der Waals surface area contributed by atoms with Crippen molar-refractivity contribution in [1.82, 2.24) is 10.3 Å². The van der Waals surface area contributed by atoms with Gasteiger partial charge in [-0.2, -0.15) is 13.2 Å². The molecule has 6 nitrogen and oxygen atoms in total. The molecule has 0 aromatic carbocycles. The second-order valence-corrected chi connectivity index (χ2v) is 5.64. The van der Waals surface area contributed by atoms with Crippen LogP contribution in [0.15, 0.2) is 18.3 Å². The van der Waals surface area contributed by atoms with Gasteiger partial charge in [-0.1, -0.05) is 0 Å². The molecule has 0 aliphatic carbocycles. The zero-order valence-corrected chi connectivity index (χ0v) is 13.2. The van der Waals surface area contributed by atoms with Crippen molar-refractivity contribution in [3.63, 3.8) is 0 Å². The lowest BCUT2D eigenvalue weighted by Crippen LogP contribution is -2.35. The number of hydrogen-bond donors (Lipinski definition) is 2. The van der Waals surface area contributed by atoms with E-state index in [0.29, 0.717) is 18.8 Å². The van der Waals surface area contributed by atoms with Crippen molar-refractivity contribution < 1.29 is 27.4 Å². The summed E-state index contributed by atoms with van der Waals surface area (Å²) in [5, 5.41) is 5.52. The predicted molar refractivity (Wildman–Crippen MR) is 78.5 cm³/mol. The van der Waals surface area contributed by atoms with Crippen LogP contribution in [-0.2, 0) is 4.74 Å². The number of pyridine rings is 1. The number of carbonyl (C=O) groups is 1. The van der Waals surface area contributed by atoms with E-state index in [4.69, 9.17) is 4.74 Å². The number of nitrogens with one attached hydrogen (secondary N) is 2. The first kappa shape index (κ1) is 18.9. The minimum absolute atomic E-state index is 0.111. The zero-order chi connectivity index (χ0) is 17.5. The number of rotatable bonds is 6. The van der Waals surface area contributed by atoms with Gasteiger partial charge in [0.2, 0.25) is 5.88 Å². The maximum absolute atomic E-state index is 12.0. The van der Waals surface area contributed by atoms with Gasteiger partial charge >= 0.3 is 12.3 Å². The number of halogens is 3. The Hall–Kier alpha value is -2.19. The van der Waals surface area contributed by atoms with Gasteiger partial charge in [0.05, 0.1) is 11.9 Å². The number of carbonyl (C=O) groups excluding carboxylic acids is 1. The van der Waals surface area contributed by atoms with E-state index < -0.39 is 24.5 Å². The van der Waals surface area contributed by atoms with Gasteiger partial charge in [-0.25, -0.2) is 9.78 Å². The molecule has 1 heterocycles. The van der Waals surface area contributed by atoms with Crippen molar-refractivity contribution >= 4 is 11.8 Å². The van der Waals surface area contributed by atoms with Gasteiger partial charge in [-0.05, 0) is 26.8 Å². The number of anilines is 1. The predicted octanol–water partition coefficient (Wildman–Crippen LogP) is 2.96. The minimum atomic E-state index is -4.40. The first-order valence-electron chi connectivity index (χ1n) is 6.91. The van der Waals surface area contributed by atoms with Crippen LogP contribution in [0.2, 0.25) is 0 Å². The molecule has 0 unspecified atom stereocenters. The Morgan fingerprint density at radius 3 is 2.43 bits per heavy atom. The molecule has 0 bridgehead atoms. The third-order valence-electron chi connectivity index (χ3n) is 2.24. The Morgan fingerprint density at radius 1 is 1.22 bits per heavy atom. The van der Waals surface area contributed by atoms with Crippen LogP contribution in [0.25, 0.3) is 0 Å². The average Bonchev–Trinajstić information content (AvgIpc) is 2.40. The van der Waals surface area contributed by atoms with E-state index in [1.165, 1.54) is 18.3 Å². The van der Waals surface area contributed by atoms with E-state index in [0.717, 1.165) is 0 Å². The number of aromatic nitrogens is 1. The van der Waals surface area contributed by atoms with Gasteiger partial charge in [0.15, 0.2) is 6.61 Å². The van der Waals surface area contributed by atoms with Crippen LogP contribution in [-0.4, -0.2) is 42.6 Å². The van der Waals surface area contributed by atoms with Gasteiger partial charge < -0.3 is 20.1 Å². The van der Waals surface area contributed by atoms with E-state index in [9.17, 15) is 18.0 Å². The molecular formula is C14H20F3N3O3. The number of hydrogen-bond acceptors (Lipinski definition) is 5. The lowest BCUT2D eigenvalue weighted by Gasteiger charge is -2.19. The van der Waals surface area contributed by atoms with Crippen LogP contribution < -0.4 is 15.4 Å².